The van der Waals surface area contributed by atoms with E-state index in [0.717, 1.165) is 22.5 Å². The van der Waals surface area contributed by atoms with Crippen LogP contribution in [0.2, 0.25) is 10.0 Å². The number of methoxy groups -OCH3 is 1. The van der Waals surface area contributed by atoms with Gasteiger partial charge in [-0.1, -0.05) is 48.3 Å². The van der Waals surface area contributed by atoms with Gasteiger partial charge in [-0.05, 0) is 50.1 Å². The first-order valence-electron chi connectivity index (χ1n) is 11.0. The number of carbonyl (C=O) groups is 2. The summed E-state index contributed by atoms with van der Waals surface area (Å²) in [6.45, 7) is 4.94. The van der Waals surface area contributed by atoms with E-state index in [1.165, 1.54) is 17.0 Å². The van der Waals surface area contributed by atoms with Crippen molar-refractivity contribution in [2.24, 2.45) is 0 Å². The maximum atomic E-state index is 13.5. The molecule has 0 heterocycles. The van der Waals surface area contributed by atoms with Crippen molar-refractivity contribution < 1.29 is 22.7 Å². The van der Waals surface area contributed by atoms with Crippen LogP contribution in [0.1, 0.15) is 32.8 Å². The number of rotatable bonds is 11. The lowest BCUT2D eigenvalue weighted by Crippen LogP contribution is -2.52. The second-order valence-electron chi connectivity index (χ2n) is 8.21. The van der Waals surface area contributed by atoms with Crippen molar-refractivity contribution in [3.8, 4) is 5.75 Å². The molecule has 2 aromatic carbocycles. The van der Waals surface area contributed by atoms with Crippen molar-refractivity contribution in [1.82, 2.24) is 10.2 Å². The number of benzene rings is 2. The summed E-state index contributed by atoms with van der Waals surface area (Å²) in [5.74, 6) is -0.268. The molecule has 0 aliphatic rings. The SMILES string of the molecule is CC[C@H](C)NC(=O)[C@@H](C)N(Cc1ccc(OC)cc1)C(=O)CN(c1cccc(Cl)c1Cl)S(C)(=O)=O. The molecule has 2 amide bonds. The number of amides is 2. The molecule has 0 unspecified atom stereocenters. The minimum absolute atomic E-state index is 0.0108. The number of hydrogen-bond acceptors (Lipinski definition) is 5. The van der Waals surface area contributed by atoms with Crippen LogP contribution in [0.5, 0.6) is 5.75 Å². The lowest BCUT2D eigenvalue weighted by molar-refractivity contribution is -0.139. The summed E-state index contributed by atoms with van der Waals surface area (Å²) in [7, 11) is -2.36. The normalized spacial score (nSPS) is 13.0. The topological polar surface area (TPSA) is 96.0 Å². The van der Waals surface area contributed by atoms with Crippen LogP contribution in [-0.2, 0) is 26.2 Å². The highest BCUT2D eigenvalue weighted by atomic mass is 35.5. The molecule has 0 spiro atoms. The van der Waals surface area contributed by atoms with Gasteiger partial charge in [-0.3, -0.25) is 13.9 Å². The predicted octanol–water partition coefficient (Wildman–Crippen LogP) is 4.10. The van der Waals surface area contributed by atoms with Crippen LogP contribution in [0, 0.1) is 0 Å². The molecule has 0 aromatic heterocycles. The summed E-state index contributed by atoms with van der Waals surface area (Å²) < 4.78 is 31.3. The molecular weight excluding hydrogens is 513 g/mol. The Kier molecular flexibility index (Phi) is 10.2. The van der Waals surface area contributed by atoms with E-state index in [1.807, 2.05) is 13.8 Å². The van der Waals surface area contributed by atoms with Crippen LogP contribution in [0.15, 0.2) is 42.5 Å². The third kappa shape index (κ3) is 7.75. The fourth-order valence-electron chi connectivity index (χ4n) is 3.26. The lowest BCUT2D eigenvalue weighted by Gasteiger charge is -2.32. The summed E-state index contributed by atoms with van der Waals surface area (Å²) in [5, 5.41) is 3.04. The van der Waals surface area contributed by atoms with Gasteiger partial charge in [0.25, 0.3) is 0 Å². The number of sulfonamides is 1. The molecule has 8 nitrogen and oxygen atoms in total. The molecule has 0 aliphatic heterocycles. The highest BCUT2D eigenvalue weighted by Gasteiger charge is 2.31. The van der Waals surface area contributed by atoms with Crippen LogP contribution >= 0.6 is 23.2 Å². The van der Waals surface area contributed by atoms with E-state index in [2.05, 4.69) is 5.32 Å². The Hall–Kier alpha value is -2.49. The molecule has 1 N–H and O–H groups in total. The van der Waals surface area contributed by atoms with Gasteiger partial charge in [0.1, 0.15) is 18.3 Å². The smallest absolute Gasteiger partial charge is 0.244 e. The fourth-order valence-corrected chi connectivity index (χ4v) is 4.56. The van der Waals surface area contributed by atoms with Crippen molar-refractivity contribution >= 4 is 50.7 Å². The van der Waals surface area contributed by atoms with Crippen LogP contribution in [0.25, 0.3) is 0 Å². The summed E-state index contributed by atoms with van der Waals surface area (Å²) >= 11 is 12.3. The van der Waals surface area contributed by atoms with Gasteiger partial charge in [0.2, 0.25) is 21.8 Å². The van der Waals surface area contributed by atoms with E-state index < -0.39 is 28.5 Å². The average molecular weight is 545 g/mol. The number of halogens is 2. The van der Waals surface area contributed by atoms with Gasteiger partial charge in [0.05, 0.1) is 29.1 Å². The molecule has 11 heteroatoms. The molecule has 35 heavy (non-hydrogen) atoms. The maximum absolute atomic E-state index is 13.5. The van der Waals surface area contributed by atoms with Crippen molar-refractivity contribution in [1.29, 1.82) is 0 Å². The molecule has 2 rings (SSSR count). The minimum atomic E-state index is -3.91. The van der Waals surface area contributed by atoms with Crippen LogP contribution < -0.4 is 14.4 Å². The Morgan fingerprint density at radius 2 is 1.71 bits per heavy atom. The van der Waals surface area contributed by atoms with Gasteiger partial charge in [-0.2, -0.15) is 0 Å². The summed E-state index contributed by atoms with van der Waals surface area (Å²) in [4.78, 5) is 27.8. The highest BCUT2D eigenvalue weighted by molar-refractivity contribution is 7.92. The van der Waals surface area contributed by atoms with Crippen molar-refractivity contribution in [2.75, 3.05) is 24.2 Å². The zero-order valence-corrected chi connectivity index (χ0v) is 22.7. The van der Waals surface area contributed by atoms with Gasteiger partial charge in [-0.15, -0.1) is 0 Å². The van der Waals surface area contributed by atoms with E-state index in [0.29, 0.717) is 5.75 Å². The molecule has 0 saturated heterocycles. The van der Waals surface area contributed by atoms with E-state index in [9.17, 15) is 18.0 Å². The van der Waals surface area contributed by atoms with Crippen molar-refractivity contribution in [3.05, 3.63) is 58.1 Å². The van der Waals surface area contributed by atoms with E-state index in [-0.39, 0.29) is 34.2 Å². The van der Waals surface area contributed by atoms with E-state index in [1.54, 1.807) is 44.4 Å². The number of hydrogen-bond donors (Lipinski definition) is 1. The first-order chi connectivity index (χ1) is 16.4. The van der Waals surface area contributed by atoms with E-state index in [4.69, 9.17) is 27.9 Å². The number of nitrogens with one attached hydrogen (secondary N) is 1. The Bertz CT molecular complexity index is 1140. The third-order valence-electron chi connectivity index (χ3n) is 5.56. The molecule has 0 saturated carbocycles. The Balaban J connectivity index is 2.42. The molecule has 0 fully saturated rings. The molecular formula is C24H31Cl2N3O5S. The first-order valence-corrected chi connectivity index (χ1v) is 13.6. The Morgan fingerprint density at radius 3 is 2.26 bits per heavy atom. The average Bonchev–Trinajstić information content (AvgIpc) is 2.81. The lowest BCUT2D eigenvalue weighted by atomic mass is 10.1. The number of anilines is 1. The van der Waals surface area contributed by atoms with E-state index >= 15 is 0 Å². The van der Waals surface area contributed by atoms with Crippen LogP contribution in [0.4, 0.5) is 5.69 Å². The van der Waals surface area contributed by atoms with Gasteiger partial charge in [0, 0.05) is 12.6 Å². The summed E-state index contributed by atoms with van der Waals surface area (Å²) in [5.41, 5.74) is 0.824. The first kappa shape index (κ1) is 28.7. The molecule has 192 valence electrons. The van der Waals surface area contributed by atoms with Gasteiger partial charge in [-0.25, -0.2) is 8.42 Å². The second-order valence-corrected chi connectivity index (χ2v) is 10.9. The van der Waals surface area contributed by atoms with Crippen molar-refractivity contribution in [3.63, 3.8) is 0 Å². The Morgan fingerprint density at radius 1 is 1.09 bits per heavy atom. The second kappa shape index (κ2) is 12.5. The number of nitrogens with zero attached hydrogens (tertiary/aromatic N) is 2. The minimum Gasteiger partial charge on any atom is -0.497 e. The van der Waals surface area contributed by atoms with Gasteiger partial charge >= 0.3 is 0 Å². The molecule has 0 bridgehead atoms. The highest BCUT2D eigenvalue weighted by Crippen LogP contribution is 2.33. The number of carbonyl (C=O) groups excluding carboxylic acids is 2. The van der Waals surface area contributed by atoms with Crippen LogP contribution in [-0.4, -0.2) is 57.1 Å². The number of ether oxygens (including phenoxy) is 1. The molecule has 2 atom stereocenters. The van der Waals surface area contributed by atoms with Gasteiger partial charge in [0.15, 0.2) is 0 Å². The zero-order valence-electron chi connectivity index (χ0n) is 20.4. The van der Waals surface area contributed by atoms with Crippen molar-refractivity contribution in [2.45, 2.75) is 45.8 Å². The molecule has 0 aliphatic carbocycles. The summed E-state index contributed by atoms with van der Waals surface area (Å²) in [6, 6.07) is 10.6. The molecule has 0 radical (unpaired) electrons. The summed E-state index contributed by atoms with van der Waals surface area (Å²) in [6.07, 6.45) is 1.70. The predicted molar refractivity (Wildman–Crippen MR) is 140 cm³/mol. The monoisotopic (exact) mass is 543 g/mol. The standard InChI is InChI=1S/C24H31Cl2N3O5S/c1-6-16(2)27-24(31)17(3)28(14-18-10-12-19(34-4)13-11-18)22(30)15-29(35(5,32)33)21-9-7-8-20(25)23(21)26/h7-13,16-17H,6,14-15H2,1-5H3,(H,27,31)/t16-,17+/m0/s1. The Labute approximate surface area is 217 Å². The third-order valence-corrected chi connectivity index (χ3v) is 7.49. The fraction of sp³-hybridized carbons (Fsp3) is 0.417. The molecule has 2 aromatic rings. The quantitative estimate of drug-likeness (QED) is 0.460. The van der Waals surface area contributed by atoms with Gasteiger partial charge < -0.3 is 15.0 Å². The maximum Gasteiger partial charge on any atom is 0.244 e. The van der Waals surface area contributed by atoms with Crippen LogP contribution in [0.3, 0.4) is 0 Å². The zero-order chi connectivity index (χ0) is 26.3. The largest absolute Gasteiger partial charge is 0.497 e.